The molecule has 1 aromatic heterocycles. The summed E-state index contributed by atoms with van der Waals surface area (Å²) in [6.07, 6.45) is 4.21. The summed E-state index contributed by atoms with van der Waals surface area (Å²) < 4.78 is 7.39. The van der Waals surface area contributed by atoms with Crippen molar-refractivity contribution in [3.05, 3.63) is 12.2 Å². The van der Waals surface area contributed by atoms with Crippen molar-refractivity contribution in [2.24, 2.45) is 18.0 Å². The van der Waals surface area contributed by atoms with Gasteiger partial charge in [-0.05, 0) is 18.8 Å². The van der Waals surface area contributed by atoms with Crippen molar-refractivity contribution in [3.8, 4) is 0 Å². The van der Waals surface area contributed by atoms with Gasteiger partial charge in [-0.1, -0.05) is 0 Å². The fraction of sp³-hybridized carbons (Fsp3) is 0.769. The van der Waals surface area contributed by atoms with Gasteiger partial charge in [-0.2, -0.15) is 5.10 Å². The van der Waals surface area contributed by atoms with E-state index in [1.807, 2.05) is 14.1 Å². The molecule has 1 N–H and O–H groups in total. The van der Waals surface area contributed by atoms with E-state index in [0.717, 1.165) is 37.5 Å². The van der Waals surface area contributed by atoms with Crippen LogP contribution in [-0.2, 0) is 18.3 Å². The van der Waals surface area contributed by atoms with E-state index in [2.05, 4.69) is 25.3 Å². The second kappa shape index (κ2) is 7.23. The van der Waals surface area contributed by atoms with Crippen LogP contribution in [0.5, 0.6) is 0 Å². The van der Waals surface area contributed by atoms with Gasteiger partial charge in [0.1, 0.15) is 12.2 Å². The number of aromatic nitrogens is 3. The second-order valence-electron chi connectivity index (χ2n) is 5.14. The Balaban J connectivity index is 1.68. The zero-order valence-electron chi connectivity index (χ0n) is 12.5. The molecule has 0 aliphatic heterocycles. The van der Waals surface area contributed by atoms with Gasteiger partial charge in [-0.3, -0.25) is 9.67 Å². The first-order chi connectivity index (χ1) is 9.70. The van der Waals surface area contributed by atoms with Gasteiger partial charge in [0.05, 0.1) is 13.2 Å². The predicted molar refractivity (Wildman–Crippen MR) is 77.4 cm³/mol. The Labute approximate surface area is 120 Å². The third-order valence-electron chi connectivity index (χ3n) is 3.40. The van der Waals surface area contributed by atoms with Crippen molar-refractivity contribution in [2.45, 2.75) is 19.4 Å². The highest BCUT2D eigenvalue weighted by Crippen LogP contribution is 2.28. The van der Waals surface area contributed by atoms with Gasteiger partial charge in [0.2, 0.25) is 0 Å². The summed E-state index contributed by atoms with van der Waals surface area (Å²) in [6, 6.07) is 0. The van der Waals surface area contributed by atoms with E-state index >= 15 is 0 Å². The van der Waals surface area contributed by atoms with E-state index in [-0.39, 0.29) is 0 Å². The number of aliphatic imine (C=N–C) groups is 1. The van der Waals surface area contributed by atoms with Gasteiger partial charge in [-0.25, -0.2) is 4.98 Å². The minimum atomic E-state index is 0.608. The van der Waals surface area contributed by atoms with E-state index in [9.17, 15) is 0 Å². The highest BCUT2D eigenvalue weighted by atomic mass is 16.5. The average molecular weight is 280 g/mol. The highest BCUT2D eigenvalue weighted by molar-refractivity contribution is 5.79. The standard InChI is InChI=1S/C13H24N6O/c1-14-13(15-8-12-16-10-17-19(12)3)18(2)6-7-20-9-11-4-5-11/h10-11H,4-9H2,1-3H3,(H,14,15). The zero-order chi connectivity index (χ0) is 14.4. The minimum absolute atomic E-state index is 0.608. The van der Waals surface area contributed by atoms with Gasteiger partial charge >= 0.3 is 0 Å². The van der Waals surface area contributed by atoms with Crippen molar-refractivity contribution in [1.29, 1.82) is 0 Å². The molecule has 0 aromatic carbocycles. The van der Waals surface area contributed by atoms with Gasteiger partial charge in [-0.15, -0.1) is 0 Å². The molecule has 0 radical (unpaired) electrons. The number of hydrogen-bond donors (Lipinski definition) is 1. The molecule has 0 spiro atoms. The molecule has 0 saturated heterocycles. The maximum absolute atomic E-state index is 5.64. The molecule has 1 aliphatic carbocycles. The van der Waals surface area contributed by atoms with Crippen LogP contribution in [0.4, 0.5) is 0 Å². The van der Waals surface area contributed by atoms with Crippen molar-refractivity contribution in [3.63, 3.8) is 0 Å². The molecule has 1 heterocycles. The molecule has 1 aromatic rings. The lowest BCUT2D eigenvalue weighted by Gasteiger charge is -2.21. The first-order valence-electron chi connectivity index (χ1n) is 7.03. The monoisotopic (exact) mass is 280 g/mol. The Kier molecular flexibility index (Phi) is 5.34. The molecule has 0 atom stereocenters. The Morgan fingerprint density at radius 3 is 3.00 bits per heavy atom. The fourth-order valence-electron chi connectivity index (χ4n) is 1.86. The van der Waals surface area contributed by atoms with Crippen LogP contribution in [0.2, 0.25) is 0 Å². The average Bonchev–Trinajstić information content (AvgIpc) is 3.18. The number of aryl methyl sites for hydroxylation is 1. The predicted octanol–water partition coefficient (Wildman–Crippen LogP) is 0.249. The number of nitrogens with zero attached hydrogens (tertiary/aromatic N) is 5. The van der Waals surface area contributed by atoms with Crippen LogP contribution in [0, 0.1) is 5.92 Å². The third kappa shape index (κ3) is 4.48. The lowest BCUT2D eigenvalue weighted by atomic mass is 10.5. The highest BCUT2D eigenvalue weighted by Gasteiger charge is 2.21. The fourth-order valence-corrected chi connectivity index (χ4v) is 1.86. The SMILES string of the molecule is CN=C(NCc1ncnn1C)N(C)CCOCC1CC1. The number of rotatable bonds is 7. The van der Waals surface area contributed by atoms with Crippen molar-refractivity contribution in [1.82, 2.24) is 25.0 Å². The molecular formula is C13H24N6O. The molecule has 1 aliphatic rings. The first kappa shape index (κ1) is 14.8. The number of likely N-dealkylation sites (N-methyl/N-ethyl adjacent to an activating group) is 1. The number of ether oxygens (including phenoxy) is 1. The summed E-state index contributed by atoms with van der Waals surface area (Å²) >= 11 is 0. The van der Waals surface area contributed by atoms with Crippen LogP contribution in [-0.4, -0.2) is 59.5 Å². The Morgan fingerprint density at radius 2 is 2.40 bits per heavy atom. The van der Waals surface area contributed by atoms with Crippen molar-refractivity contribution >= 4 is 5.96 Å². The second-order valence-corrected chi connectivity index (χ2v) is 5.14. The molecule has 1 saturated carbocycles. The van der Waals surface area contributed by atoms with E-state index in [0.29, 0.717) is 6.54 Å². The Morgan fingerprint density at radius 1 is 1.60 bits per heavy atom. The zero-order valence-corrected chi connectivity index (χ0v) is 12.5. The largest absolute Gasteiger partial charge is 0.379 e. The minimum Gasteiger partial charge on any atom is -0.379 e. The molecule has 1 fully saturated rings. The number of hydrogen-bond acceptors (Lipinski definition) is 4. The number of guanidine groups is 1. The van der Waals surface area contributed by atoms with E-state index in [1.165, 1.54) is 12.8 Å². The van der Waals surface area contributed by atoms with Gasteiger partial charge < -0.3 is 15.0 Å². The summed E-state index contributed by atoms with van der Waals surface area (Å²) in [7, 11) is 5.66. The molecule has 7 heteroatoms. The van der Waals surface area contributed by atoms with Crippen LogP contribution < -0.4 is 5.32 Å². The van der Waals surface area contributed by atoms with Gasteiger partial charge in [0.25, 0.3) is 0 Å². The van der Waals surface area contributed by atoms with Gasteiger partial charge in [0.15, 0.2) is 5.96 Å². The normalized spacial score (nSPS) is 15.4. The summed E-state index contributed by atoms with van der Waals surface area (Å²) in [5, 5.41) is 7.31. The molecule has 0 unspecified atom stereocenters. The summed E-state index contributed by atoms with van der Waals surface area (Å²) in [6.45, 7) is 3.07. The molecule has 7 nitrogen and oxygen atoms in total. The third-order valence-corrected chi connectivity index (χ3v) is 3.40. The van der Waals surface area contributed by atoms with Gasteiger partial charge in [0, 0.05) is 34.3 Å². The Bertz CT molecular complexity index is 440. The number of nitrogens with one attached hydrogen (secondary N) is 1. The molecule has 0 amide bonds. The van der Waals surface area contributed by atoms with Crippen LogP contribution in [0.15, 0.2) is 11.3 Å². The molecule has 0 bridgehead atoms. The van der Waals surface area contributed by atoms with Crippen LogP contribution in [0.3, 0.4) is 0 Å². The molecular weight excluding hydrogens is 256 g/mol. The van der Waals surface area contributed by atoms with Crippen LogP contribution in [0.1, 0.15) is 18.7 Å². The van der Waals surface area contributed by atoms with E-state index < -0.39 is 0 Å². The molecule has 2 rings (SSSR count). The summed E-state index contributed by atoms with van der Waals surface area (Å²) in [4.78, 5) is 10.5. The topological polar surface area (TPSA) is 67.6 Å². The summed E-state index contributed by atoms with van der Waals surface area (Å²) in [5.74, 6) is 2.53. The maximum atomic E-state index is 5.64. The van der Waals surface area contributed by atoms with Crippen LogP contribution in [0.25, 0.3) is 0 Å². The summed E-state index contributed by atoms with van der Waals surface area (Å²) in [5.41, 5.74) is 0. The molecule has 20 heavy (non-hydrogen) atoms. The van der Waals surface area contributed by atoms with Crippen LogP contribution >= 0.6 is 0 Å². The smallest absolute Gasteiger partial charge is 0.193 e. The Hall–Kier alpha value is -1.63. The lowest BCUT2D eigenvalue weighted by molar-refractivity contribution is 0.115. The maximum Gasteiger partial charge on any atom is 0.193 e. The van der Waals surface area contributed by atoms with E-state index in [1.54, 1.807) is 18.1 Å². The van der Waals surface area contributed by atoms with E-state index in [4.69, 9.17) is 4.74 Å². The molecule has 112 valence electrons. The lowest BCUT2D eigenvalue weighted by Crippen LogP contribution is -2.40. The first-order valence-corrected chi connectivity index (χ1v) is 7.03. The van der Waals surface area contributed by atoms with Crippen molar-refractivity contribution in [2.75, 3.05) is 33.9 Å². The quantitative estimate of drug-likeness (QED) is 0.440. The van der Waals surface area contributed by atoms with Crippen molar-refractivity contribution < 1.29 is 4.74 Å².